The minimum atomic E-state index is -0.336. The zero-order valence-corrected chi connectivity index (χ0v) is 14.4. The maximum absolute atomic E-state index is 12.2. The van der Waals surface area contributed by atoms with Crippen molar-refractivity contribution in [2.45, 2.75) is 25.8 Å². The lowest BCUT2D eigenvalue weighted by Crippen LogP contribution is -2.40. The number of urea groups is 1. The SMILES string of the molecule is CCCN1C[C@@H](NC(=O)Nc2cc(-c3cccnc3)nn2C)CC1=O. The van der Waals surface area contributed by atoms with Crippen molar-refractivity contribution in [1.82, 2.24) is 25.0 Å². The van der Waals surface area contributed by atoms with Crippen LogP contribution in [0.2, 0.25) is 0 Å². The van der Waals surface area contributed by atoms with E-state index in [1.807, 2.05) is 19.1 Å². The number of aryl methyl sites for hydroxylation is 1. The summed E-state index contributed by atoms with van der Waals surface area (Å²) in [5, 5.41) is 10.0. The standard InChI is InChI=1S/C17H22N6O2/c1-3-7-23-11-13(8-16(23)24)19-17(25)20-15-9-14(21-22(15)2)12-5-4-6-18-10-12/h4-6,9-10,13H,3,7-8,11H2,1-2H3,(H2,19,20,25)/t13-/m0/s1. The second kappa shape index (κ2) is 7.33. The largest absolute Gasteiger partial charge is 0.341 e. The summed E-state index contributed by atoms with van der Waals surface area (Å²) in [6.45, 7) is 3.32. The molecular weight excluding hydrogens is 320 g/mol. The van der Waals surface area contributed by atoms with Crippen molar-refractivity contribution in [3.63, 3.8) is 0 Å². The third kappa shape index (κ3) is 3.96. The first-order valence-corrected chi connectivity index (χ1v) is 8.36. The van der Waals surface area contributed by atoms with Crippen LogP contribution in [-0.4, -0.2) is 50.7 Å². The number of hydrogen-bond donors (Lipinski definition) is 2. The number of rotatable bonds is 5. The Bertz CT molecular complexity index is 758. The van der Waals surface area contributed by atoms with Crippen LogP contribution in [-0.2, 0) is 11.8 Å². The van der Waals surface area contributed by atoms with E-state index in [0.717, 1.165) is 24.2 Å². The second-order valence-electron chi connectivity index (χ2n) is 6.12. The molecule has 1 saturated heterocycles. The average Bonchev–Trinajstić information content (AvgIpc) is 3.12. The molecule has 2 aromatic rings. The van der Waals surface area contributed by atoms with Gasteiger partial charge in [0.2, 0.25) is 5.91 Å². The number of anilines is 1. The van der Waals surface area contributed by atoms with Crippen molar-refractivity contribution in [3.8, 4) is 11.3 Å². The number of carbonyl (C=O) groups excluding carboxylic acids is 2. The van der Waals surface area contributed by atoms with Gasteiger partial charge in [-0.1, -0.05) is 6.92 Å². The van der Waals surface area contributed by atoms with Crippen LogP contribution in [0.5, 0.6) is 0 Å². The van der Waals surface area contributed by atoms with Crippen molar-refractivity contribution >= 4 is 17.8 Å². The molecular formula is C17H22N6O2. The second-order valence-corrected chi connectivity index (χ2v) is 6.12. The first-order valence-electron chi connectivity index (χ1n) is 8.36. The van der Waals surface area contributed by atoms with Gasteiger partial charge in [-0.3, -0.25) is 19.8 Å². The molecule has 8 nitrogen and oxygen atoms in total. The van der Waals surface area contributed by atoms with E-state index in [1.165, 1.54) is 0 Å². The minimum absolute atomic E-state index is 0.0894. The molecule has 2 aromatic heterocycles. The van der Waals surface area contributed by atoms with Crippen LogP contribution in [0, 0.1) is 0 Å². The predicted molar refractivity (Wildman–Crippen MR) is 93.9 cm³/mol. The molecule has 0 bridgehead atoms. The van der Waals surface area contributed by atoms with Crippen LogP contribution in [0.15, 0.2) is 30.6 Å². The number of likely N-dealkylation sites (tertiary alicyclic amines) is 1. The number of hydrogen-bond acceptors (Lipinski definition) is 4. The van der Waals surface area contributed by atoms with E-state index in [9.17, 15) is 9.59 Å². The van der Waals surface area contributed by atoms with Gasteiger partial charge in [0, 0.05) is 50.6 Å². The molecule has 0 saturated carbocycles. The summed E-state index contributed by atoms with van der Waals surface area (Å²) in [7, 11) is 1.76. The van der Waals surface area contributed by atoms with Crippen molar-refractivity contribution < 1.29 is 9.59 Å². The van der Waals surface area contributed by atoms with Gasteiger partial charge < -0.3 is 10.2 Å². The fourth-order valence-corrected chi connectivity index (χ4v) is 2.93. The Labute approximate surface area is 146 Å². The zero-order valence-electron chi connectivity index (χ0n) is 14.4. The summed E-state index contributed by atoms with van der Waals surface area (Å²) >= 11 is 0. The molecule has 25 heavy (non-hydrogen) atoms. The van der Waals surface area contributed by atoms with E-state index in [0.29, 0.717) is 18.8 Å². The third-order valence-electron chi connectivity index (χ3n) is 4.12. The Morgan fingerprint density at radius 2 is 2.28 bits per heavy atom. The Morgan fingerprint density at radius 1 is 1.44 bits per heavy atom. The molecule has 3 rings (SSSR count). The first kappa shape index (κ1) is 16.9. The molecule has 8 heteroatoms. The molecule has 3 amide bonds. The van der Waals surface area contributed by atoms with Gasteiger partial charge in [-0.25, -0.2) is 4.79 Å². The highest BCUT2D eigenvalue weighted by molar-refractivity contribution is 5.90. The number of carbonyl (C=O) groups is 2. The zero-order chi connectivity index (χ0) is 17.8. The lowest BCUT2D eigenvalue weighted by Gasteiger charge is -2.16. The molecule has 3 heterocycles. The molecule has 1 aliphatic heterocycles. The quantitative estimate of drug-likeness (QED) is 0.863. The number of amides is 3. The lowest BCUT2D eigenvalue weighted by atomic mass is 10.2. The molecule has 0 radical (unpaired) electrons. The number of pyridine rings is 1. The van der Waals surface area contributed by atoms with E-state index in [2.05, 4.69) is 20.7 Å². The van der Waals surface area contributed by atoms with Gasteiger partial charge in [-0.2, -0.15) is 5.10 Å². The van der Waals surface area contributed by atoms with Crippen LogP contribution in [0.1, 0.15) is 19.8 Å². The third-order valence-corrected chi connectivity index (χ3v) is 4.12. The highest BCUT2D eigenvalue weighted by atomic mass is 16.2. The van der Waals surface area contributed by atoms with E-state index >= 15 is 0 Å². The van der Waals surface area contributed by atoms with Gasteiger partial charge in [-0.05, 0) is 18.6 Å². The lowest BCUT2D eigenvalue weighted by molar-refractivity contribution is -0.127. The highest BCUT2D eigenvalue weighted by Crippen LogP contribution is 2.20. The van der Waals surface area contributed by atoms with Gasteiger partial charge >= 0.3 is 6.03 Å². The van der Waals surface area contributed by atoms with Gasteiger partial charge in [0.15, 0.2) is 0 Å². The molecule has 0 aliphatic carbocycles. The monoisotopic (exact) mass is 342 g/mol. The Balaban J connectivity index is 1.60. The normalized spacial score (nSPS) is 17.0. The van der Waals surface area contributed by atoms with Gasteiger partial charge in [0.25, 0.3) is 0 Å². The molecule has 0 aromatic carbocycles. The summed E-state index contributed by atoms with van der Waals surface area (Å²) in [6, 6.07) is 5.04. The maximum atomic E-state index is 12.2. The van der Waals surface area contributed by atoms with E-state index < -0.39 is 0 Å². The first-order chi connectivity index (χ1) is 12.1. The Morgan fingerprint density at radius 3 is 3.00 bits per heavy atom. The predicted octanol–water partition coefficient (Wildman–Crippen LogP) is 1.61. The fourth-order valence-electron chi connectivity index (χ4n) is 2.93. The van der Waals surface area contributed by atoms with Crippen molar-refractivity contribution in [2.24, 2.45) is 7.05 Å². The Hall–Kier alpha value is -2.90. The summed E-state index contributed by atoms with van der Waals surface area (Å²) < 4.78 is 1.60. The fraction of sp³-hybridized carbons (Fsp3) is 0.412. The van der Waals surface area contributed by atoms with Gasteiger partial charge in [-0.15, -0.1) is 0 Å². The highest BCUT2D eigenvalue weighted by Gasteiger charge is 2.30. The van der Waals surface area contributed by atoms with Crippen LogP contribution in [0.25, 0.3) is 11.3 Å². The Kier molecular flexibility index (Phi) is 4.97. The van der Waals surface area contributed by atoms with Gasteiger partial charge in [0.05, 0.1) is 11.7 Å². The van der Waals surface area contributed by atoms with Crippen molar-refractivity contribution in [2.75, 3.05) is 18.4 Å². The van der Waals surface area contributed by atoms with E-state index in [1.54, 1.807) is 35.1 Å². The van der Waals surface area contributed by atoms with E-state index in [4.69, 9.17) is 0 Å². The summed E-state index contributed by atoms with van der Waals surface area (Å²) in [6.07, 6.45) is 4.68. The average molecular weight is 342 g/mol. The molecule has 0 spiro atoms. The summed E-state index contributed by atoms with van der Waals surface area (Å²) in [4.78, 5) is 30.0. The maximum Gasteiger partial charge on any atom is 0.320 e. The molecule has 0 unspecified atom stereocenters. The van der Waals surface area contributed by atoms with Crippen LogP contribution in [0.3, 0.4) is 0 Å². The minimum Gasteiger partial charge on any atom is -0.341 e. The number of aromatic nitrogens is 3. The van der Waals surface area contributed by atoms with Crippen molar-refractivity contribution in [1.29, 1.82) is 0 Å². The summed E-state index contributed by atoms with van der Waals surface area (Å²) in [5.74, 6) is 0.664. The van der Waals surface area contributed by atoms with Gasteiger partial charge in [0.1, 0.15) is 5.82 Å². The van der Waals surface area contributed by atoms with E-state index in [-0.39, 0.29) is 18.0 Å². The molecule has 1 atom stereocenters. The van der Waals surface area contributed by atoms with Crippen molar-refractivity contribution in [3.05, 3.63) is 30.6 Å². The number of nitrogens with zero attached hydrogens (tertiary/aromatic N) is 4. The number of nitrogens with one attached hydrogen (secondary N) is 2. The molecule has 1 aliphatic rings. The smallest absolute Gasteiger partial charge is 0.320 e. The van der Waals surface area contributed by atoms with Crippen LogP contribution < -0.4 is 10.6 Å². The molecule has 1 fully saturated rings. The summed E-state index contributed by atoms with van der Waals surface area (Å²) in [5.41, 5.74) is 1.61. The molecule has 2 N–H and O–H groups in total. The van der Waals surface area contributed by atoms with Crippen LogP contribution in [0.4, 0.5) is 10.6 Å². The van der Waals surface area contributed by atoms with Crippen LogP contribution >= 0.6 is 0 Å². The topological polar surface area (TPSA) is 92.2 Å². The molecule has 132 valence electrons.